The summed E-state index contributed by atoms with van der Waals surface area (Å²) in [7, 11) is 0. The number of hydrogen-bond acceptors (Lipinski definition) is 3. The summed E-state index contributed by atoms with van der Waals surface area (Å²) >= 11 is 12.0. The normalized spacial score (nSPS) is 22.4. The van der Waals surface area contributed by atoms with Crippen LogP contribution in [0.2, 0.25) is 10.0 Å². The van der Waals surface area contributed by atoms with Crippen molar-refractivity contribution in [2.24, 2.45) is 11.7 Å². The fourth-order valence-corrected chi connectivity index (χ4v) is 2.71. The molecule has 2 atom stereocenters. The summed E-state index contributed by atoms with van der Waals surface area (Å²) in [4.78, 5) is 11.8. The van der Waals surface area contributed by atoms with Crippen molar-refractivity contribution in [1.29, 1.82) is 0 Å². The molecule has 5 heteroatoms. The summed E-state index contributed by atoms with van der Waals surface area (Å²) in [5.74, 6) is -0.380. The molecule has 0 amide bonds. The number of benzene rings is 1. The van der Waals surface area contributed by atoms with Crippen LogP contribution in [0.15, 0.2) is 12.1 Å². The molecule has 18 heavy (non-hydrogen) atoms. The smallest absolute Gasteiger partial charge is 0.309 e. The van der Waals surface area contributed by atoms with Crippen LogP contribution in [-0.4, -0.2) is 12.6 Å². The van der Waals surface area contributed by atoms with Gasteiger partial charge in [-0.15, -0.1) is 0 Å². The summed E-state index contributed by atoms with van der Waals surface area (Å²) in [6, 6.07) is 3.40. The number of esters is 1. The molecular weight excluding hydrogens is 273 g/mol. The zero-order chi connectivity index (χ0) is 13.3. The third-order valence-electron chi connectivity index (χ3n) is 3.21. The maximum Gasteiger partial charge on any atom is 0.309 e. The molecule has 0 heterocycles. The molecule has 0 saturated heterocycles. The van der Waals surface area contributed by atoms with E-state index in [1.165, 1.54) is 0 Å². The van der Waals surface area contributed by atoms with Gasteiger partial charge in [-0.05, 0) is 43.0 Å². The summed E-state index contributed by atoms with van der Waals surface area (Å²) in [5.41, 5.74) is 8.04. The van der Waals surface area contributed by atoms with Crippen LogP contribution in [0.1, 0.15) is 30.5 Å². The zero-order valence-electron chi connectivity index (χ0n) is 10.1. The van der Waals surface area contributed by atoms with Gasteiger partial charge in [0.2, 0.25) is 0 Å². The van der Waals surface area contributed by atoms with Crippen LogP contribution in [-0.2, 0) is 16.0 Å². The van der Waals surface area contributed by atoms with Gasteiger partial charge in [-0.1, -0.05) is 23.2 Å². The molecule has 2 unspecified atom stereocenters. The fourth-order valence-electron chi connectivity index (χ4n) is 2.35. The Balaban J connectivity index is 2.28. The molecule has 2 N–H and O–H groups in total. The van der Waals surface area contributed by atoms with Crippen LogP contribution in [0.25, 0.3) is 0 Å². The van der Waals surface area contributed by atoms with Crippen molar-refractivity contribution < 1.29 is 9.53 Å². The molecule has 0 fully saturated rings. The van der Waals surface area contributed by atoms with Gasteiger partial charge >= 0.3 is 5.97 Å². The quantitative estimate of drug-likeness (QED) is 0.851. The Kier molecular flexibility index (Phi) is 4.15. The average Bonchev–Trinajstić information content (AvgIpc) is 2.32. The second-order valence-electron chi connectivity index (χ2n) is 4.46. The highest BCUT2D eigenvalue weighted by Gasteiger charge is 2.30. The third-order valence-corrected chi connectivity index (χ3v) is 3.93. The van der Waals surface area contributed by atoms with Crippen LogP contribution in [0.3, 0.4) is 0 Å². The SMILES string of the molecule is CCOC(=O)C1Cc2cc(Cl)c(Cl)cc2C(N)C1. The van der Waals surface area contributed by atoms with Gasteiger partial charge in [-0.3, -0.25) is 4.79 Å². The van der Waals surface area contributed by atoms with Gasteiger partial charge in [0.15, 0.2) is 0 Å². The average molecular weight is 288 g/mol. The highest BCUT2D eigenvalue weighted by atomic mass is 35.5. The van der Waals surface area contributed by atoms with Crippen molar-refractivity contribution in [2.45, 2.75) is 25.8 Å². The van der Waals surface area contributed by atoms with Crippen LogP contribution >= 0.6 is 23.2 Å². The van der Waals surface area contributed by atoms with E-state index in [0.717, 1.165) is 11.1 Å². The summed E-state index contributed by atoms with van der Waals surface area (Å²) in [5, 5.41) is 0.993. The number of hydrogen-bond donors (Lipinski definition) is 1. The van der Waals surface area contributed by atoms with Crippen molar-refractivity contribution >= 4 is 29.2 Å². The van der Waals surface area contributed by atoms with Crippen molar-refractivity contribution in [3.63, 3.8) is 0 Å². The molecule has 0 aliphatic heterocycles. The first-order valence-electron chi connectivity index (χ1n) is 5.93. The molecule has 1 aromatic carbocycles. The van der Waals surface area contributed by atoms with E-state index in [4.69, 9.17) is 33.7 Å². The van der Waals surface area contributed by atoms with E-state index in [1.54, 1.807) is 19.1 Å². The number of rotatable bonds is 2. The lowest BCUT2D eigenvalue weighted by Gasteiger charge is -2.28. The van der Waals surface area contributed by atoms with Gasteiger partial charge in [-0.25, -0.2) is 0 Å². The Hall–Kier alpha value is -0.770. The van der Waals surface area contributed by atoms with Gasteiger partial charge < -0.3 is 10.5 Å². The van der Waals surface area contributed by atoms with Gasteiger partial charge in [0, 0.05) is 6.04 Å². The first kappa shape index (κ1) is 13.7. The predicted molar refractivity (Wildman–Crippen MR) is 71.8 cm³/mol. The standard InChI is InChI=1S/C13H15Cl2NO2/c1-2-18-13(17)8-3-7-4-10(14)11(15)6-9(7)12(16)5-8/h4,6,8,12H,2-3,5,16H2,1H3. The highest BCUT2D eigenvalue weighted by Crippen LogP contribution is 2.36. The molecule has 3 nitrogen and oxygen atoms in total. The fraction of sp³-hybridized carbons (Fsp3) is 0.462. The minimum absolute atomic E-state index is 0.190. The highest BCUT2D eigenvalue weighted by molar-refractivity contribution is 6.42. The molecule has 2 rings (SSSR count). The molecule has 0 radical (unpaired) electrons. The second-order valence-corrected chi connectivity index (χ2v) is 5.27. The molecule has 0 aromatic heterocycles. The second kappa shape index (κ2) is 5.47. The van der Waals surface area contributed by atoms with Crippen LogP contribution < -0.4 is 5.73 Å². The first-order valence-corrected chi connectivity index (χ1v) is 6.68. The van der Waals surface area contributed by atoms with Crippen LogP contribution in [0.4, 0.5) is 0 Å². The number of nitrogens with two attached hydrogens (primary N) is 1. The van der Waals surface area contributed by atoms with Crippen molar-refractivity contribution in [3.05, 3.63) is 33.3 Å². The number of carbonyl (C=O) groups excluding carboxylic acids is 1. The Labute approximate surface area is 116 Å². The van der Waals surface area contributed by atoms with E-state index in [9.17, 15) is 4.79 Å². The van der Waals surface area contributed by atoms with Crippen molar-refractivity contribution in [2.75, 3.05) is 6.61 Å². The Morgan fingerprint density at radius 3 is 2.78 bits per heavy atom. The topological polar surface area (TPSA) is 52.3 Å². The van der Waals surface area contributed by atoms with E-state index in [2.05, 4.69) is 0 Å². The first-order chi connectivity index (χ1) is 8.52. The van der Waals surface area contributed by atoms with Gasteiger partial charge in [0.05, 0.1) is 22.6 Å². The lowest BCUT2D eigenvalue weighted by Crippen LogP contribution is -2.30. The molecule has 0 spiro atoms. The van der Waals surface area contributed by atoms with E-state index in [0.29, 0.717) is 29.5 Å². The minimum Gasteiger partial charge on any atom is -0.466 e. The zero-order valence-corrected chi connectivity index (χ0v) is 11.6. The van der Waals surface area contributed by atoms with Crippen LogP contribution in [0, 0.1) is 5.92 Å². The van der Waals surface area contributed by atoms with Gasteiger partial charge in [-0.2, -0.15) is 0 Å². The lowest BCUT2D eigenvalue weighted by atomic mass is 9.81. The van der Waals surface area contributed by atoms with E-state index in [-0.39, 0.29) is 17.9 Å². The number of halogens is 2. The largest absolute Gasteiger partial charge is 0.466 e. The summed E-state index contributed by atoms with van der Waals surface area (Å²) in [6.45, 7) is 2.18. The molecule has 1 aliphatic carbocycles. The molecule has 1 aliphatic rings. The van der Waals surface area contributed by atoms with Gasteiger partial charge in [0.1, 0.15) is 0 Å². The molecule has 0 saturated carbocycles. The number of carbonyl (C=O) groups is 1. The number of ether oxygens (including phenoxy) is 1. The van der Waals surface area contributed by atoms with Crippen molar-refractivity contribution in [1.82, 2.24) is 0 Å². The Morgan fingerprint density at radius 1 is 1.44 bits per heavy atom. The third kappa shape index (κ3) is 2.63. The monoisotopic (exact) mass is 287 g/mol. The molecular formula is C13H15Cl2NO2. The maximum absolute atomic E-state index is 11.8. The lowest BCUT2D eigenvalue weighted by molar-refractivity contribution is -0.148. The van der Waals surface area contributed by atoms with E-state index < -0.39 is 0 Å². The van der Waals surface area contributed by atoms with Crippen molar-refractivity contribution in [3.8, 4) is 0 Å². The Bertz CT molecular complexity index is 476. The van der Waals surface area contributed by atoms with Crippen LogP contribution in [0.5, 0.6) is 0 Å². The predicted octanol–water partition coefficient (Wildman–Crippen LogP) is 3.12. The van der Waals surface area contributed by atoms with E-state index in [1.807, 2.05) is 0 Å². The minimum atomic E-state index is -0.196. The van der Waals surface area contributed by atoms with Gasteiger partial charge in [0.25, 0.3) is 0 Å². The Morgan fingerprint density at radius 2 is 2.11 bits per heavy atom. The summed E-state index contributed by atoms with van der Waals surface area (Å²) in [6.07, 6.45) is 1.20. The maximum atomic E-state index is 11.8. The van der Waals surface area contributed by atoms with E-state index >= 15 is 0 Å². The number of fused-ring (bicyclic) bond motifs is 1. The molecule has 98 valence electrons. The summed E-state index contributed by atoms with van der Waals surface area (Å²) < 4.78 is 5.05. The molecule has 1 aromatic rings. The molecule has 0 bridgehead atoms.